The number of unbranched alkanes of at least 4 members (excludes halogenated alkanes) is 20. The highest BCUT2D eigenvalue weighted by Crippen LogP contribution is 2.45. The molecule has 0 aliphatic heterocycles. The predicted octanol–water partition coefficient (Wildman–Crippen LogP) is 23.8. The summed E-state index contributed by atoms with van der Waals surface area (Å²) >= 11 is 0. The number of hydrogen-bond acceptors (Lipinski definition) is 15. The number of carbonyl (C=O) groups is 4. The van der Waals surface area contributed by atoms with Crippen LogP contribution in [-0.4, -0.2) is 96.7 Å². The highest BCUT2D eigenvalue weighted by atomic mass is 31.2. The number of ether oxygens (including phenoxy) is 4. The van der Waals surface area contributed by atoms with Crippen molar-refractivity contribution in [2.45, 2.75) is 316 Å². The summed E-state index contributed by atoms with van der Waals surface area (Å²) in [5.74, 6) is -2.33. The third-order valence-electron chi connectivity index (χ3n) is 16.2. The highest BCUT2D eigenvalue weighted by molar-refractivity contribution is 7.47. The molecule has 0 amide bonds. The van der Waals surface area contributed by atoms with E-state index in [-0.39, 0.29) is 25.7 Å². The number of aliphatic hydroxyl groups is 1. The Morgan fingerprint density at radius 1 is 0.274 bits per heavy atom. The molecule has 17 nitrogen and oxygen atoms in total. The standard InChI is InChI=1S/C87H142O17P2/c1-5-9-13-17-21-25-29-33-37-39-40-42-45-48-52-56-60-64-68-72-85(90)98-78-83(104-87(92)74-70-66-62-58-54-50-46-41-38-34-30-26-22-18-14-10-6-2)80-102-106(95,96)100-76-81(88)75-99-105(93,94)101-79-82(103-86(91)73-69-65-61-57-53-49-44-36-32-28-24-20-16-12-8-4)77-97-84(89)71-67-63-59-55-51-47-43-35-31-27-23-19-15-11-7-3/h9-11,13-15,21-23,25-27,33-35,37-38,40,42-43,46,48,50-52,55,58,62,81-83,88H,5-8,12,16-20,24,28-32,36,39,41,44-45,47,49,53-54,56-57,59-61,63-80H2,1-4H3,(H,93,94)(H,95,96)/b13-9-,14-10-,15-11-,25-21-,26-22-,27-23-,37-33-,38-34-,42-40-,43-35-,50-46-,52-48-,55-51-,62-58-. The van der Waals surface area contributed by atoms with Crippen LogP contribution in [-0.2, 0) is 65.4 Å². The third kappa shape index (κ3) is 76.6. The Kier molecular flexibility index (Phi) is 73.5. The van der Waals surface area contributed by atoms with Crippen LogP contribution in [0.15, 0.2) is 170 Å². The van der Waals surface area contributed by atoms with Crippen LogP contribution in [0.1, 0.15) is 297 Å². The Labute approximate surface area is 642 Å². The number of allylic oxidation sites excluding steroid dienone is 28. The summed E-state index contributed by atoms with van der Waals surface area (Å²) < 4.78 is 68.5. The first kappa shape index (κ1) is 100. The SMILES string of the molecule is CC/C=C\C/C=C\C/C=C\C/C=C\C/C=C\CCCCCC(=O)OCC(COP(=O)(O)OCC(O)COP(=O)(O)OCC(COC(=O)CCCC/C=C\C/C=C\C/C=C\C/C=C\CC)OC(=O)CCCCCCCCCCCCCCCCC)OC(=O)CCC/C=C\C/C=C\C/C=C\C/C=C\C/C=C\CC. The van der Waals surface area contributed by atoms with Crippen LogP contribution < -0.4 is 0 Å². The van der Waals surface area contributed by atoms with Gasteiger partial charge in [0, 0.05) is 25.7 Å². The minimum atomic E-state index is -5.01. The minimum absolute atomic E-state index is 0.00199. The summed E-state index contributed by atoms with van der Waals surface area (Å²) in [5, 5.41) is 10.6. The van der Waals surface area contributed by atoms with Crippen molar-refractivity contribution in [3.8, 4) is 0 Å². The molecule has 3 N–H and O–H groups in total. The third-order valence-corrected chi connectivity index (χ3v) is 18.1. The fraction of sp³-hybridized carbons (Fsp3) is 0.632. The number of hydrogen-bond donors (Lipinski definition) is 3. The number of rotatable bonds is 74. The van der Waals surface area contributed by atoms with E-state index >= 15 is 0 Å². The number of phosphoric ester groups is 2. The van der Waals surface area contributed by atoms with Gasteiger partial charge in [0.2, 0.25) is 0 Å². The molecule has 0 saturated heterocycles. The molecule has 0 aliphatic carbocycles. The number of esters is 4. The Morgan fingerprint density at radius 3 is 0.811 bits per heavy atom. The van der Waals surface area contributed by atoms with Crippen molar-refractivity contribution in [1.82, 2.24) is 0 Å². The molecule has 0 heterocycles. The van der Waals surface area contributed by atoms with Gasteiger partial charge < -0.3 is 33.8 Å². The Bertz CT molecular complexity index is 2680. The molecule has 19 heteroatoms. The topological polar surface area (TPSA) is 237 Å². The fourth-order valence-corrected chi connectivity index (χ4v) is 11.7. The first-order chi connectivity index (χ1) is 51.7. The van der Waals surface area contributed by atoms with Crippen molar-refractivity contribution >= 4 is 39.5 Å². The lowest BCUT2D eigenvalue weighted by Gasteiger charge is -2.21. The molecule has 0 radical (unpaired) electrons. The van der Waals surface area contributed by atoms with Gasteiger partial charge in [0.1, 0.15) is 19.3 Å². The lowest BCUT2D eigenvalue weighted by atomic mass is 10.0. The second-order valence-electron chi connectivity index (χ2n) is 26.2. The largest absolute Gasteiger partial charge is 0.472 e. The van der Waals surface area contributed by atoms with E-state index in [9.17, 15) is 43.2 Å². The van der Waals surface area contributed by atoms with Gasteiger partial charge in [0.05, 0.1) is 26.4 Å². The zero-order valence-electron chi connectivity index (χ0n) is 65.8. The van der Waals surface area contributed by atoms with Crippen LogP contribution in [0.4, 0.5) is 0 Å². The molecule has 0 aliphatic rings. The van der Waals surface area contributed by atoms with Crippen molar-refractivity contribution in [2.24, 2.45) is 0 Å². The van der Waals surface area contributed by atoms with Crippen LogP contribution in [0.2, 0.25) is 0 Å². The molecular weight excluding hydrogens is 1380 g/mol. The summed E-state index contributed by atoms with van der Waals surface area (Å²) in [6, 6.07) is 0. The first-order valence-electron chi connectivity index (χ1n) is 40.4. The van der Waals surface area contributed by atoms with Crippen molar-refractivity contribution in [3.05, 3.63) is 170 Å². The molecular formula is C87H142O17P2. The molecule has 106 heavy (non-hydrogen) atoms. The van der Waals surface area contributed by atoms with E-state index in [1.165, 1.54) is 64.2 Å². The van der Waals surface area contributed by atoms with Crippen molar-refractivity contribution < 1.29 is 80.2 Å². The predicted molar refractivity (Wildman–Crippen MR) is 436 cm³/mol. The lowest BCUT2D eigenvalue weighted by molar-refractivity contribution is -0.161. The Morgan fingerprint density at radius 2 is 0.500 bits per heavy atom. The summed E-state index contributed by atoms with van der Waals surface area (Å²) in [5.41, 5.74) is 0. The molecule has 0 aromatic carbocycles. The van der Waals surface area contributed by atoms with Crippen LogP contribution >= 0.6 is 15.6 Å². The maximum Gasteiger partial charge on any atom is 0.472 e. The van der Waals surface area contributed by atoms with Gasteiger partial charge in [-0.25, -0.2) is 9.13 Å². The van der Waals surface area contributed by atoms with E-state index in [2.05, 4.69) is 186 Å². The minimum Gasteiger partial charge on any atom is -0.462 e. The zero-order chi connectivity index (χ0) is 77.4. The van der Waals surface area contributed by atoms with Crippen LogP contribution in [0.25, 0.3) is 0 Å². The molecule has 5 atom stereocenters. The van der Waals surface area contributed by atoms with Crippen LogP contribution in [0.5, 0.6) is 0 Å². The van der Waals surface area contributed by atoms with Gasteiger partial charge in [-0.05, 0) is 148 Å². The van der Waals surface area contributed by atoms with E-state index in [1.807, 2.05) is 12.2 Å². The van der Waals surface area contributed by atoms with Crippen molar-refractivity contribution in [3.63, 3.8) is 0 Å². The molecule has 0 fully saturated rings. The molecule has 0 saturated carbocycles. The molecule has 0 rings (SSSR count). The van der Waals surface area contributed by atoms with E-state index in [4.69, 9.17) is 37.0 Å². The summed E-state index contributed by atoms with van der Waals surface area (Å²) in [4.78, 5) is 73.1. The molecule has 602 valence electrons. The quantitative estimate of drug-likeness (QED) is 0.0169. The van der Waals surface area contributed by atoms with E-state index in [0.29, 0.717) is 32.1 Å². The van der Waals surface area contributed by atoms with Gasteiger partial charge in [-0.2, -0.15) is 0 Å². The van der Waals surface area contributed by atoms with Crippen molar-refractivity contribution in [1.29, 1.82) is 0 Å². The van der Waals surface area contributed by atoms with Crippen LogP contribution in [0.3, 0.4) is 0 Å². The monoisotopic (exact) mass is 1520 g/mol. The van der Waals surface area contributed by atoms with Gasteiger partial charge in [-0.15, -0.1) is 0 Å². The average molecular weight is 1520 g/mol. The van der Waals surface area contributed by atoms with Gasteiger partial charge in [0.25, 0.3) is 0 Å². The van der Waals surface area contributed by atoms with Gasteiger partial charge in [-0.1, -0.05) is 294 Å². The lowest BCUT2D eigenvalue weighted by Crippen LogP contribution is -2.30. The maximum atomic E-state index is 13.1. The summed E-state index contributed by atoms with van der Waals surface area (Å²) in [6.45, 7) is 4.38. The van der Waals surface area contributed by atoms with E-state index in [1.54, 1.807) is 0 Å². The average Bonchev–Trinajstić information content (AvgIpc) is 0.902. The summed E-state index contributed by atoms with van der Waals surface area (Å²) in [6.07, 6.45) is 92.0. The molecule has 0 bridgehead atoms. The van der Waals surface area contributed by atoms with Gasteiger partial charge in [0.15, 0.2) is 12.2 Å². The first-order valence-corrected chi connectivity index (χ1v) is 43.4. The Hall–Kier alpha value is -5.58. The molecule has 5 unspecified atom stereocenters. The number of aliphatic hydroxyl groups excluding tert-OH is 1. The number of phosphoric acid groups is 2. The normalized spacial score (nSPS) is 14.7. The van der Waals surface area contributed by atoms with E-state index < -0.39 is 97.5 Å². The fourth-order valence-electron chi connectivity index (χ4n) is 10.2. The van der Waals surface area contributed by atoms with E-state index in [0.717, 1.165) is 148 Å². The smallest absolute Gasteiger partial charge is 0.462 e. The maximum absolute atomic E-state index is 13.1. The molecule has 0 aromatic heterocycles. The highest BCUT2D eigenvalue weighted by Gasteiger charge is 2.30. The second-order valence-corrected chi connectivity index (χ2v) is 29.1. The second kappa shape index (κ2) is 77.6. The van der Waals surface area contributed by atoms with Crippen LogP contribution in [0, 0.1) is 0 Å². The van der Waals surface area contributed by atoms with Gasteiger partial charge in [-0.3, -0.25) is 37.3 Å². The van der Waals surface area contributed by atoms with Gasteiger partial charge >= 0.3 is 39.5 Å². The summed E-state index contributed by atoms with van der Waals surface area (Å²) in [7, 11) is -10.0. The molecule has 0 spiro atoms. The zero-order valence-corrected chi connectivity index (χ0v) is 67.6. The number of carbonyl (C=O) groups excluding carboxylic acids is 4. The van der Waals surface area contributed by atoms with Crippen molar-refractivity contribution in [2.75, 3.05) is 39.6 Å². The Balaban J connectivity index is 5.49. The molecule has 0 aromatic rings.